The SMILES string of the molecule is CC(C)(C)[C@@H](O)[C@H]1[C@H]2CC[C@@H]3[C@@H]2C(C)(C)CCC[C@]13C. The van der Waals surface area contributed by atoms with Crippen molar-refractivity contribution in [3.05, 3.63) is 0 Å². The maximum absolute atomic E-state index is 11.1. The Morgan fingerprint density at radius 1 is 1.05 bits per heavy atom. The topological polar surface area (TPSA) is 20.2 Å². The molecule has 0 unspecified atom stereocenters. The molecule has 3 saturated carbocycles. The Balaban J connectivity index is 2.02. The van der Waals surface area contributed by atoms with E-state index in [0.29, 0.717) is 16.7 Å². The highest BCUT2D eigenvalue weighted by Gasteiger charge is 2.66. The highest BCUT2D eigenvalue weighted by atomic mass is 16.3. The average Bonchev–Trinajstić information content (AvgIpc) is 2.78. The van der Waals surface area contributed by atoms with E-state index < -0.39 is 0 Å². The van der Waals surface area contributed by atoms with Gasteiger partial charge in [-0.05, 0) is 65.6 Å². The molecule has 116 valence electrons. The monoisotopic (exact) mass is 278 g/mol. The van der Waals surface area contributed by atoms with E-state index in [1.54, 1.807) is 0 Å². The summed E-state index contributed by atoms with van der Waals surface area (Å²) in [7, 11) is 0. The van der Waals surface area contributed by atoms with Crippen molar-refractivity contribution in [3.63, 3.8) is 0 Å². The number of hydrogen-bond donors (Lipinski definition) is 1. The number of aliphatic hydroxyl groups is 1. The summed E-state index contributed by atoms with van der Waals surface area (Å²) in [6.07, 6.45) is 6.73. The van der Waals surface area contributed by atoms with Crippen LogP contribution in [0, 0.1) is 39.9 Å². The van der Waals surface area contributed by atoms with E-state index in [1.807, 2.05) is 0 Å². The molecule has 0 aliphatic heterocycles. The van der Waals surface area contributed by atoms with E-state index in [1.165, 1.54) is 32.1 Å². The fraction of sp³-hybridized carbons (Fsp3) is 1.00. The lowest BCUT2D eigenvalue weighted by Crippen LogP contribution is -2.46. The minimum Gasteiger partial charge on any atom is -0.392 e. The van der Waals surface area contributed by atoms with Crippen LogP contribution in [0.2, 0.25) is 0 Å². The third-order valence-electron chi connectivity index (χ3n) is 7.44. The molecule has 1 heteroatoms. The van der Waals surface area contributed by atoms with Gasteiger partial charge in [0, 0.05) is 0 Å². The summed E-state index contributed by atoms with van der Waals surface area (Å²) in [5.41, 5.74) is 0.897. The third kappa shape index (κ3) is 1.84. The van der Waals surface area contributed by atoms with Crippen molar-refractivity contribution in [1.82, 2.24) is 0 Å². The molecule has 0 spiro atoms. The van der Waals surface area contributed by atoms with Crippen molar-refractivity contribution in [2.75, 3.05) is 0 Å². The van der Waals surface area contributed by atoms with E-state index >= 15 is 0 Å². The van der Waals surface area contributed by atoms with Crippen LogP contribution in [0.4, 0.5) is 0 Å². The van der Waals surface area contributed by atoms with E-state index in [9.17, 15) is 5.11 Å². The summed E-state index contributed by atoms with van der Waals surface area (Å²) in [5.74, 6) is 3.03. The zero-order valence-electron chi connectivity index (χ0n) is 14.4. The van der Waals surface area contributed by atoms with Gasteiger partial charge >= 0.3 is 0 Å². The van der Waals surface area contributed by atoms with E-state index in [-0.39, 0.29) is 11.5 Å². The Morgan fingerprint density at radius 2 is 1.70 bits per heavy atom. The molecule has 6 atom stereocenters. The van der Waals surface area contributed by atoms with Crippen LogP contribution < -0.4 is 0 Å². The summed E-state index contributed by atoms with van der Waals surface area (Å²) < 4.78 is 0. The molecule has 1 N–H and O–H groups in total. The Morgan fingerprint density at radius 3 is 2.30 bits per heavy atom. The second-order valence-corrected chi connectivity index (χ2v) is 10.1. The first-order valence-corrected chi connectivity index (χ1v) is 8.77. The number of rotatable bonds is 1. The smallest absolute Gasteiger partial charge is 0.0624 e. The second-order valence-electron chi connectivity index (χ2n) is 10.1. The van der Waals surface area contributed by atoms with Crippen LogP contribution in [-0.2, 0) is 0 Å². The maximum atomic E-state index is 11.1. The molecule has 0 heterocycles. The van der Waals surface area contributed by atoms with Crippen LogP contribution in [0.3, 0.4) is 0 Å². The van der Waals surface area contributed by atoms with Crippen molar-refractivity contribution in [3.8, 4) is 0 Å². The van der Waals surface area contributed by atoms with Crippen LogP contribution in [-0.4, -0.2) is 11.2 Å². The molecule has 1 nitrogen and oxygen atoms in total. The molecule has 0 aromatic carbocycles. The second kappa shape index (κ2) is 4.24. The largest absolute Gasteiger partial charge is 0.392 e. The molecule has 0 saturated heterocycles. The number of hydrogen-bond acceptors (Lipinski definition) is 1. The molecule has 0 radical (unpaired) electrons. The Bertz CT molecular complexity index is 391. The van der Waals surface area contributed by atoms with Gasteiger partial charge in [-0.15, -0.1) is 0 Å². The zero-order valence-corrected chi connectivity index (χ0v) is 14.4. The van der Waals surface area contributed by atoms with Crippen LogP contribution >= 0.6 is 0 Å². The first-order valence-electron chi connectivity index (χ1n) is 8.77. The fourth-order valence-electron chi connectivity index (χ4n) is 6.61. The molecule has 3 rings (SSSR count). The lowest BCUT2D eigenvalue weighted by atomic mass is 9.59. The van der Waals surface area contributed by atoms with Gasteiger partial charge in [-0.3, -0.25) is 0 Å². The van der Waals surface area contributed by atoms with Crippen molar-refractivity contribution in [2.45, 2.75) is 79.8 Å². The number of aliphatic hydroxyl groups excluding tert-OH is 1. The summed E-state index contributed by atoms with van der Waals surface area (Å²) in [6, 6.07) is 0. The van der Waals surface area contributed by atoms with Crippen LogP contribution in [0.25, 0.3) is 0 Å². The molecule has 3 fully saturated rings. The lowest BCUT2D eigenvalue weighted by Gasteiger charge is -2.47. The van der Waals surface area contributed by atoms with Crippen molar-refractivity contribution in [2.24, 2.45) is 39.9 Å². The minimum atomic E-state index is -0.140. The lowest BCUT2D eigenvalue weighted by molar-refractivity contribution is -0.0728. The molecule has 0 amide bonds. The van der Waals surface area contributed by atoms with Gasteiger partial charge in [-0.25, -0.2) is 0 Å². The molecule has 0 aromatic rings. The van der Waals surface area contributed by atoms with Gasteiger partial charge < -0.3 is 5.11 Å². The van der Waals surface area contributed by atoms with E-state index in [4.69, 9.17) is 0 Å². The standard InChI is InChI=1S/C19H34O/c1-17(2,3)16(20)15-12-8-9-13-14(12)18(4,5)10-7-11-19(13,15)6/h12-16,20H,7-11H2,1-6H3/t12-,13+,14+,15+,16-,19-/m0/s1. The zero-order chi connectivity index (χ0) is 14.9. The van der Waals surface area contributed by atoms with Crippen molar-refractivity contribution < 1.29 is 5.11 Å². The highest BCUT2D eigenvalue weighted by Crippen LogP contribution is 2.72. The van der Waals surface area contributed by atoms with Gasteiger partial charge in [0.2, 0.25) is 0 Å². The van der Waals surface area contributed by atoms with Crippen molar-refractivity contribution >= 4 is 0 Å². The maximum Gasteiger partial charge on any atom is 0.0624 e. The Kier molecular flexibility index (Phi) is 3.16. The first kappa shape index (κ1) is 14.9. The Hall–Kier alpha value is -0.0400. The van der Waals surface area contributed by atoms with Crippen LogP contribution in [0.5, 0.6) is 0 Å². The van der Waals surface area contributed by atoms with Gasteiger partial charge in [0.25, 0.3) is 0 Å². The molecule has 3 aliphatic rings. The van der Waals surface area contributed by atoms with Gasteiger partial charge in [-0.1, -0.05) is 48.0 Å². The summed E-state index contributed by atoms with van der Waals surface area (Å²) in [4.78, 5) is 0. The van der Waals surface area contributed by atoms with Crippen LogP contribution in [0.1, 0.15) is 73.6 Å². The minimum absolute atomic E-state index is 0.0182. The van der Waals surface area contributed by atoms with E-state index in [2.05, 4.69) is 41.5 Å². The first-order chi connectivity index (χ1) is 9.09. The molecule has 4 bridgehead atoms. The normalized spacial score (nSPS) is 48.1. The van der Waals surface area contributed by atoms with Gasteiger partial charge in [-0.2, -0.15) is 0 Å². The molecular formula is C19H34O. The predicted molar refractivity (Wildman–Crippen MR) is 84.4 cm³/mol. The van der Waals surface area contributed by atoms with Gasteiger partial charge in [0.1, 0.15) is 0 Å². The highest BCUT2D eigenvalue weighted by molar-refractivity contribution is 5.15. The molecular weight excluding hydrogens is 244 g/mol. The quantitative estimate of drug-likeness (QED) is 0.724. The van der Waals surface area contributed by atoms with E-state index in [0.717, 1.165) is 17.8 Å². The summed E-state index contributed by atoms with van der Waals surface area (Å²) in [6.45, 7) is 14.2. The van der Waals surface area contributed by atoms with Crippen molar-refractivity contribution in [1.29, 1.82) is 0 Å². The Labute approximate surface area is 125 Å². The summed E-state index contributed by atoms with van der Waals surface area (Å²) >= 11 is 0. The summed E-state index contributed by atoms with van der Waals surface area (Å²) in [5, 5.41) is 11.1. The molecule has 20 heavy (non-hydrogen) atoms. The molecule has 3 aliphatic carbocycles. The molecule has 0 aromatic heterocycles. The third-order valence-corrected chi connectivity index (χ3v) is 7.44. The van der Waals surface area contributed by atoms with Crippen LogP contribution in [0.15, 0.2) is 0 Å². The predicted octanol–water partition coefficient (Wildman–Crippen LogP) is 4.88. The fourth-order valence-corrected chi connectivity index (χ4v) is 6.61. The van der Waals surface area contributed by atoms with Gasteiger partial charge in [0.15, 0.2) is 0 Å². The average molecular weight is 278 g/mol. The van der Waals surface area contributed by atoms with Gasteiger partial charge in [0.05, 0.1) is 6.10 Å².